The van der Waals surface area contributed by atoms with Crippen molar-refractivity contribution in [2.24, 2.45) is 25.9 Å². The van der Waals surface area contributed by atoms with Crippen LogP contribution in [0.4, 0.5) is 35.5 Å². The third-order valence-electron chi connectivity index (χ3n) is 27.4. The Hall–Kier alpha value is -14.2. The largest absolute Gasteiger partial charge is 0.464 e. The Balaban J connectivity index is 0.000000122. The number of thiazole rings is 1. The molecule has 10 heterocycles. The number of nitrogens with two attached hydrogens (primary N) is 5. The van der Waals surface area contributed by atoms with E-state index in [1.807, 2.05) is 66.3 Å². The minimum atomic E-state index is -0.345. The van der Waals surface area contributed by atoms with E-state index in [0.717, 1.165) is 157 Å². The molecule has 1 aliphatic heterocycles. The first kappa shape index (κ1) is 88.8. The van der Waals surface area contributed by atoms with Crippen molar-refractivity contribution in [3.05, 3.63) is 293 Å². The summed E-state index contributed by atoms with van der Waals surface area (Å²) in [6.45, 7) is 19.3. The normalized spacial score (nSPS) is 15.5. The van der Waals surface area contributed by atoms with Crippen molar-refractivity contribution >= 4 is 63.9 Å². The van der Waals surface area contributed by atoms with Gasteiger partial charge in [0.2, 0.25) is 29.7 Å². The molecule has 27 nitrogen and oxygen atoms in total. The molecule has 2 atom stereocenters. The highest BCUT2D eigenvalue weighted by Crippen LogP contribution is 2.56. The lowest BCUT2D eigenvalue weighted by atomic mass is 9.61. The second-order valence-electron chi connectivity index (χ2n) is 35.6. The number of anilines is 6. The minimum Gasteiger partial charge on any atom is -0.464 e. The van der Waals surface area contributed by atoms with Crippen LogP contribution in [0.25, 0.3) is 88.7 Å². The number of fused-ring (bicyclic) bond motifs is 2. The summed E-state index contributed by atoms with van der Waals surface area (Å²) < 4.78 is 22.0. The second-order valence-corrected chi connectivity index (χ2v) is 36.6. The van der Waals surface area contributed by atoms with Crippen molar-refractivity contribution in [1.82, 2.24) is 84.1 Å². The fourth-order valence-electron chi connectivity index (χ4n) is 19.0. The van der Waals surface area contributed by atoms with Gasteiger partial charge in [0.1, 0.15) is 10.7 Å². The van der Waals surface area contributed by atoms with Crippen molar-refractivity contribution in [1.29, 1.82) is 0 Å². The molecule has 15 aromatic rings. The molecule has 2 unspecified atom stereocenters. The van der Waals surface area contributed by atoms with Gasteiger partial charge in [0.05, 0.1) is 44.1 Å². The van der Waals surface area contributed by atoms with Crippen molar-refractivity contribution in [3.8, 4) is 77.5 Å². The number of likely N-dealkylation sites (N-methyl/N-ethyl adjacent to an activating group) is 1. The topological polar surface area (TPSA) is 368 Å². The Bertz CT molecular complexity index is 6600. The van der Waals surface area contributed by atoms with E-state index >= 15 is 0 Å². The van der Waals surface area contributed by atoms with Crippen LogP contribution in [0, 0.1) is 11.8 Å². The Morgan fingerprint density at radius 2 is 0.969 bits per heavy atom. The maximum atomic E-state index is 12.5. The van der Waals surface area contributed by atoms with Crippen LogP contribution in [0.1, 0.15) is 146 Å². The molecule has 3 fully saturated rings. The van der Waals surface area contributed by atoms with E-state index in [0.29, 0.717) is 35.3 Å². The average Bonchev–Trinajstić information content (AvgIpc) is 1.60. The SMILES string of the molecule is CC(C)C(C)(C1=CCc2c1cccc2-c1nnc(N)o1)c1ccc(-c2cnc(N)nc2)cc1.CC(C)C(C)(C1=CCc2c1cccc2N1CCOCC1)c1ccc(-c2cnc(N)nc2)cc1.CN(C)CCn1cc(-c2cnc(C3(c4ccc(-c5cnc(N)nc5)cc4)CCC3)s2)cn1.COC(=O)c1cc(-c2cnn(C)c2)c(C2(c3ccc(-c4cnc(N)nc4)cc3)CCC2)n1C. The molecule has 10 N–H and O–H groups in total. The zero-order chi connectivity index (χ0) is 91.5. The van der Waals surface area contributed by atoms with Crippen molar-refractivity contribution in [2.45, 2.75) is 121 Å². The van der Waals surface area contributed by atoms with Crippen LogP contribution >= 0.6 is 11.3 Å². The fraction of sp³-hybridized carbons (Fsp3) is 0.301. The molecule has 4 aliphatic carbocycles. The summed E-state index contributed by atoms with van der Waals surface area (Å²) in [7, 11) is 9.41. The maximum absolute atomic E-state index is 12.5. The number of carbonyl (C=O) groups excluding carboxylic acids is 1. The number of benzene rings is 6. The number of ether oxygens (including phenoxy) is 2. The number of carbonyl (C=O) groups is 1. The van der Waals surface area contributed by atoms with E-state index < -0.39 is 0 Å². The zero-order valence-electron chi connectivity index (χ0n) is 76.0. The second kappa shape index (κ2) is 37.5. The molecule has 2 saturated carbocycles. The molecule has 28 heteroatoms. The van der Waals surface area contributed by atoms with E-state index in [2.05, 4.69) is 265 Å². The first-order valence-corrected chi connectivity index (χ1v) is 45.4. The first-order chi connectivity index (χ1) is 63.3. The summed E-state index contributed by atoms with van der Waals surface area (Å²) in [4.78, 5) is 56.1. The summed E-state index contributed by atoms with van der Waals surface area (Å²) >= 11 is 1.79. The van der Waals surface area contributed by atoms with Crippen LogP contribution in [0.3, 0.4) is 0 Å². The average molecular weight is 1770 g/mol. The molecule has 0 spiro atoms. The van der Waals surface area contributed by atoms with Gasteiger partial charge in [-0.3, -0.25) is 9.36 Å². The molecule has 0 bridgehead atoms. The number of aryl methyl sites for hydroxylation is 1. The number of allylic oxidation sites excluding steroid dienone is 4. The van der Waals surface area contributed by atoms with Crippen LogP contribution in [-0.2, 0) is 64.6 Å². The van der Waals surface area contributed by atoms with E-state index in [1.54, 1.807) is 65.6 Å². The van der Waals surface area contributed by atoms with Crippen LogP contribution < -0.4 is 33.6 Å². The van der Waals surface area contributed by atoms with Gasteiger partial charge in [-0.25, -0.2) is 49.7 Å². The van der Waals surface area contributed by atoms with Gasteiger partial charge in [-0.15, -0.1) is 16.4 Å². The minimum absolute atomic E-state index is 0.0139. The number of nitrogen functional groups attached to an aromatic ring is 5. The van der Waals surface area contributed by atoms with Gasteiger partial charge in [0, 0.05) is 179 Å². The molecule has 668 valence electrons. The van der Waals surface area contributed by atoms with Gasteiger partial charge >= 0.3 is 12.0 Å². The Morgan fingerprint density at radius 1 is 0.511 bits per heavy atom. The highest BCUT2D eigenvalue weighted by atomic mass is 32.1. The molecule has 0 amide bonds. The predicted molar refractivity (Wildman–Crippen MR) is 519 cm³/mol. The molecule has 0 radical (unpaired) electrons. The smallest absolute Gasteiger partial charge is 0.354 e. The summed E-state index contributed by atoms with van der Waals surface area (Å²) in [5, 5.41) is 18.0. The standard InChI is InChI=1S/C28H32N4O.C26H26N6O.C25H26N6O2.C24H27N7S/c1-19(2)28(3,22-9-7-20(8-10-22)21-17-30-27(29)31-18-21)25-12-11-24-23(25)5-4-6-26(24)32-13-15-33-16-14-32;1-15(2)26(3,18-9-7-16(8-10-18)17-13-29-24(27)30-14-17)22-12-11-19-20(22)5-4-6-21(19)23-31-32-25(28)33-23;1-30-15-18(14-29-30)20-11-21(23(32)33-3)31(2)22(20)25(9-4-10-25)19-7-5-16(6-8-19)17-12-27-24(26)28-13-17;1-30(2)10-11-31-16-19(14-29-31)21-15-26-22(32-21)24(8-3-9-24)20-6-4-17(5-7-20)18-12-27-23(25)28-13-18/h4-10,12,17-19H,11,13-16H2,1-3H3,(H2,29,30,31);4-10,12-15H,11H2,1-3H3,(H2,28,32)(H2,27,29,30);5-8,11-15H,4,9-10H2,1-3H3,(H2,26,27,28);4-7,12-16H,3,8-11H2,1-2H3,(H2,25,27,28). The first-order valence-electron chi connectivity index (χ1n) is 44.6. The van der Waals surface area contributed by atoms with E-state index in [-0.39, 0.29) is 45.5 Å². The van der Waals surface area contributed by atoms with E-state index in [1.165, 1.54) is 84.8 Å². The molecular weight excluding hydrogens is 1660 g/mol. The highest BCUT2D eigenvalue weighted by molar-refractivity contribution is 7.15. The molecule has 6 aromatic carbocycles. The van der Waals surface area contributed by atoms with Gasteiger partial charge < -0.3 is 56.9 Å². The van der Waals surface area contributed by atoms with Crippen molar-refractivity contribution in [2.75, 3.05) is 87.6 Å². The molecule has 20 rings (SSSR count). The van der Waals surface area contributed by atoms with Gasteiger partial charge in [-0.2, -0.15) is 10.2 Å². The number of rotatable bonds is 22. The third-order valence-corrected chi connectivity index (χ3v) is 28.6. The number of hydrogen-bond donors (Lipinski definition) is 5. The van der Waals surface area contributed by atoms with Crippen LogP contribution in [0.2, 0.25) is 0 Å². The number of methoxy groups -OCH3 is 1. The summed E-state index contributed by atoms with van der Waals surface area (Å²) in [6, 6.07) is 49.8. The zero-order valence-corrected chi connectivity index (χ0v) is 76.8. The quantitative estimate of drug-likeness (QED) is 0.0393. The van der Waals surface area contributed by atoms with Crippen LogP contribution in [-0.4, -0.2) is 144 Å². The van der Waals surface area contributed by atoms with Crippen LogP contribution in [0.5, 0.6) is 0 Å². The van der Waals surface area contributed by atoms with Gasteiger partial charge in [-0.1, -0.05) is 193 Å². The van der Waals surface area contributed by atoms with E-state index in [4.69, 9.17) is 47.5 Å². The lowest BCUT2D eigenvalue weighted by Gasteiger charge is -2.44. The lowest BCUT2D eigenvalue weighted by Crippen LogP contribution is -2.38. The molecule has 9 aromatic heterocycles. The molecule has 5 aliphatic rings. The summed E-state index contributed by atoms with van der Waals surface area (Å²) in [5.41, 5.74) is 56.0. The fourth-order valence-corrected chi connectivity index (χ4v) is 20.2. The molecule has 131 heavy (non-hydrogen) atoms. The monoisotopic (exact) mass is 1770 g/mol. The predicted octanol–water partition coefficient (Wildman–Crippen LogP) is 17.8. The molecular formula is C103H111N23O4S. The van der Waals surface area contributed by atoms with Crippen molar-refractivity contribution < 1.29 is 18.7 Å². The lowest BCUT2D eigenvalue weighted by molar-refractivity contribution is 0.0588. The van der Waals surface area contributed by atoms with Crippen molar-refractivity contribution in [3.63, 3.8) is 0 Å². The van der Waals surface area contributed by atoms with Crippen LogP contribution in [0.15, 0.2) is 237 Å². The Morgan fingerprint density at radius 3 is 1.41 bits per heavy atom. The number of aromatic nitrogens is 16. The summed E-state index contributed by atoms with van der Waals surface area (Å²) in [6.07, 6.45) is 37.2. The molecule has 1 saturated heterocycles. The number of nitrogens with zero attached hydrogens (tertiary/aromatic N) is 18. The van der Waals surface area contributed by atoms with Gasteiger partial charge in [-0.05, 0) is 161 Å². The third kappa shape index (κ3) is 17.7. The van der Waals surface area contributed by atoms with Gasteiger partial charge in [0.25, 0.3) is 0 Å². The summed E-state index contributed by atoms with van der Waals surface area (Å²) in [5.74, 6) is 2.04. The Labute approximate surface area is 767 Å². The number of esters is 1. The maximum Gasteiger partial charge on any atom is 0.354 e. The highest BCUT2D eigenvalue weighted by Gasteiger charge is 2.47. The van der Waals surface area contributed by atoms with E-state index in [9.17, 15) is 4.79 Å². The Kier molecular flexibility index (Phi) is 25.4. The number of morpholine rings is 1. The van der Waals surface area contributed by atoms with Gasteiger partial charge in [0.15, 0.2) is 0 Å². The number of hydrogen-bond acceptors (Lipinski definition) is 25.